The number of nitrogens with two attached hydrogens (primary N) is 1. The zero-order chi connectivity index (χ0) is 14.6. The molecule has 0 aromatic heterocycles. The quantitative estimate of drug-likeness (QED) is 0.346. The summed E-state index contributed by atoms with van der Waals surface area (Å²) in [6.07, 6.45) is 0. The summed E-state index contributed by atoms with van der Waals surface area (Å²) in [5, 5.41) is 15.1. The van der Waals surface area contributed by atoms with Gasteiger partial charge in [0.2, 0.25) is 5.91 Å². The van der Waals surface area contributed by atoms with Gasteiger partial charge in [-0.25, -0.2) is 0 Å². The molecule has 104 valence electrons. The molecule has 0 aliphatic carbocycles. The van der Waals surface area contributed by atoms with Gasteiger partial charge in [0.25, 0.3) is 0 Å². The molecule has 2 unspecified atom stereocenters. The van der Waals surface area contributed by atoms with Crippen molar-refractivity contribution in [2.24, 2.45) is 16.8 Å². The minimum Gasteiger partial charge on any atom is -0.409 e. The minimum absolute atomic E-state index is 0.146. The van der Waals surface area contributed by atoms with E-state index in [0.717, 1.165) is 5.56 Å². The first kappa shape index (κ1) is 15.6. The van der Waals surface area contributed by atoms with Crippen LogP contribution in [-0.4, -0.2) is 17.0 Å². The van der Waals surface area contributed by atoms with Gasteiger partial charge in [0.15, 0.2) is 5.84 Å². The molecule has 1 aromatic rings. The number of rotatable bonds is 4. The fraction of sp³-hybridized carbons (Fsp3) is 0.333. The second-order valence-corrected chi connectivity index (χ2v) is 4.99. The Kier molecular flexibility index (Phi) is 5.44. The highest BCUT2D eigenvalue weighted by molar-refractivity contribution is 6.35. The zero-order valence-electron chi connectivity index (χ0n) is 10.5. The fourth-order valence-corrected chi connectivity index (χ4v) is 2.06. The van der Waals surface area contributed by atoms with E-state index in [1.165, 1.54) is 0 Å². The van der Waals surface area contributed by atoms with Crippen molar-refractivity contribution >= 4 is 34.9 Å². The smallest absolute Gasteiger partial charge is 0.231 e. The summed E-state index contributed by atoms with van der Waals surface area (Å²) in [6.45, 7) is 3.33. The third-order valence-electron chi connectivity index (χ3n) is 2.74. The summed E-state index contributed by atoms with van der Waals surface area (Å²) in [5.41, 5.74) is 6.12. The van der Waals surface area contributed by atoms with Crippen molar-refractivity contribution in [1.82, 2.24) is 5.32 Å². The van der Waals surface area contributed by atoms with Crippen molar-refractivity contribution in [3.8, 4) is 0 Å². The van der Waals surface area contributed by atoms with E-state index in [4.69, 9.17) is 34.1 Å². The fourth-order valence-electron chi connectivity index (χ4n) is 1.49. The minimum atomic E-state index is -0.724. The van der Waals surface area contributed by atoms with Crippen LogP contribution in [0.4, 0.5) is 0 Å². The number of nitrogens with zero attached hydrogens (tertiary/aromatic N) is 1. The van der Waals surface area contributed by atoms with Crippen molar-refractivity contribution in [2.45, 2.75) is 19.9 Å². The molecule has 0 heterocycles. The molecule has 0 fully saturated rings. The summed E-state index contributed by atoms with van der Waals surface area (Å²) >= 11 is 11.9. The van der Waals surface area contributed by atoms with Gasteiger partial charge in [-0.2, -0.15) is 0 Å². The number of oxime groups is 1. The van der Waals surface area contributed by atoms with Crippen LogP contribution >= 0.6 is 23.2 Å². The van der Waals surface area contributed by atoms with Crippen molar-refractivity contribution < 1.29 is 10.0 Å². The van der Waals surface area contributed by atoms with E-state index >= 15 is 0 Å². The molecule has 1 rings (SSSR count). The molecule has 0 saturated heterocycles. The van der Waals surface area contributed by atoms with E-state index in [1.807, 2.05) is 0 Å². The zero-order valence-corrected chi connectivity index (χ0v) is 12.0. The summed E-state index contributed by atoms with van der Waals surface area (Å²) in [7, 11) is 0. The third kappa shape index (κ3) is 4.01. The number of nitrogens with one attached hydrogen (secondary N) is 1. The normalized spacial score (nSPS) is 14.8. The molecule has 0 bridgehead atoms. The standard InChI is InChI=1S/C12H15Cl2N3O2/c1-6(11(15)17-19)12(18)16-7(2)9-4-3-8(13)5-10(9)14/h3-7,19H,1-2H3,(H2,15,17)(H,16,18). The lowest BCUT2D eigenvalue weighted by Crippen LogP contribution is -2.38. The molecule has 0 aliphatic rings. The first-order valence-corrected chi connectivity index (χ1v) is 6.35. The highest BCUT2D eigenvalue weighted by Gasteiger charge is 2.20. The maximum Gasteiger partial charge on any atom is 0.231 e. The van der Waals surface area contributed by atoms with Gasteiger partial charge in [-0.3, -0.25) is 4.79 Å². The van der Waals surface area contributed by atoms with Crippen molar-refractivity contribution in [2.75, 3.05) is 0 Å². The average molecular weight is 304 g/mol. The molecule has 0 saturated carbocycles. The first-order chi connectivity index (χ1) is 8.86. The van der Waals surface area contributed by atoms with Crippen LogP contribution in [0, 0.1) is 5.92 Å². The van der Waals surface area contributed by atoms with E-state index < -0.39 is 5.92 Å². The van der Waals surface area contributed by atoms with E-state index in [1.54, 1.807) is 32.0 Å². The molecule has 4 N–H and O–H groups in total. The lowest BCUT2D eigenvalue weighted by Gasteiger charge is -2.18. The Morgan fingerprint density at radius 3 is 2.58 bits per heavy atom. The molecular formula is C12H15Cl2N3O2. The van der Waals surface area contributed by atoms with Crippen LogP contribution in [0.2, 0.25) is 10.0 Å². The number of amidine groups is 1. The molecule has 0 aliphatic heterocycles. The van der Waals surface area contributed by atoms with Crippen LogP contribution in [0.15, 0.2) is 23.4 Å². The van der Waals surface area contributed by atoms with E-state index in [2.05, 4.69) is 10.5 Å². The summed E-state index contributed by atoms with van der Waals surface area (Å²) in [4.78, 5) is 11.9. The summed E-state index contributed by atoms with van der Waals surface area (Å²) < 4.78 is 0. The van der Waals surface area contributed by atoms with Gasteiger partial charge in [-0.1, -0.05) is 34.4 Å². The Balaban J connectivity index is 2.79. The van der Waals surface area contributed by atoms with Crippen molar-refractivity contribution in [3.63, 3.8) is 0 Å². The first-order valence-electron chi connectivity index (χ1n) is 5.59. The second kappa shape index (κ2) is 6.63. The van der Waals surface area contributed by atoms with Crippen LogP contribution in [0.25, 0.3) is 0 Å². The molecule has 7 heteroatoms. The number of carbonyl (C=O) groups excluding carboxylic acids is 1. The number of halogens is 2. The second-order valence-electron chi connectivity index (χ2n) is 4.14. The van der Waals surface area contributed by atoms with Crippen LogP contribution in [0.3, 0.4) is 0 Å². The predicted octanol–water partition coefficient (Wildman–Crippen LogP) is 2.55. The highest BCUT2D eigenvalue weighted by atomic mass is 35.5. The van der Waals surface area contributed by atoms with Crippen LogP contribution in [0.1, 0.15) is 25.5 Å². The van der Waals surface area contributed by atoms with Crippen LogP contribution in [0.5, 0.6) is 0 Å². The maximum atomic E-state index is 11.9. The molecule has 0 spiro atoms. The Bertz CT molecular complexity index is 506. The average Bonchev–Trinajstić information content (AvgIpc) is 2.36. The largest absolute Gasteiger partial charge is 0.409 e. The number of carbonyl (C=O) groups is 1. The predicted molar refractivity (Wildman–Crippen MR) is 75.6 cm³/mol. The molecule has 19 heavy (non-hydrogen) atoms. The lowest BCUT2D eigenvalue weighted by atomic mass is 10.1. The van der Waals surface area contributed by atoms with Gasteiger partial charge in [-0.05, 0) is 31.5 Å². The van der Waals surface area contributed by atoms with E-state index in [-0.39, 0.29) is 17.8 Å². The summed E-state index contributed by atoms with van der Waals surface area (Å²) in [5.74, 6) is -1.22. The number of benzene rings is 1. The van der Waals surface area contributed by atoms with Gasteiger partial charge in [-0.15, -0.1) is 0 Å². The van der Waals surface area contributed by atoms with Gasteiger partial charge < -0.3 is 16.3 Å². The van der Waals surface area contributed by atoms with Crippen molar-refractivity contribution in [1.29, 1.82) is 0 Å². The molecule has 0 radical (unpaired) electrons. The molecule has 1 aromatic carbocycles. The van der Waals surface area contributed by atoms with Crippen LogP contribution < -0.4 is 11.1 Å². The molecule has 2 atom stereocenters. The monoisotopic (exact) mass is 303 g/mol. The SMILES string of the molecule is CC(C(=O)NC(C)c1ccc(Cl)cc1Cl)C(N)=NO. The van der Waals surface area contributed by atoms with Crippen LogP contribution in [-0.2, 0) is 4.79 Å². The topological polar surface area (TPSA) is 87.7 Å². The number of amides is 1. The number of hydrogen-bond donors (Lipinski definition) is 3. The Labute approximate surface area is 121 Å². The Hall–Kier alpha value is -1.46. The van der Waals surface area contributed by atoms with Gasteiger partial charge >= 0.3 is 0 Å². The van der Waals surface area contributed by atoms with Gasteiger partial charge in [0.05, 0.1) is 12.0 Å². The lowest BCUT2D eigenvalue weighted by molar-refractivity contribution is -0.123. The maximum absolute atomic E-state index is 11.9. The van der Waals surface area contributed by atoms with E-state index in [0.29, 0.717) is 10.0 Å². The molecular weight excluding hydrogens is 289 g/mol. The van der Waals surface area contributed by atoms with Crippen molar-refractivity contribution in [3.05, 3.63) is 33.8 Å². The van der Waals surface area contributed by atoms with E-state index in [9.17, 15) is 4.79 Å². The van der Waals surface area contributed by atoms with Gasteiger partial charge in [0, 0.05) is 10.0 Å². The van der Waals surface area contributed by atoms with Gasteiger partial charge in [0.1, 0.15) is 0 Å². The summed E-state index contributed by atoms with van der Waals surface area (Å²) in [6, 6.07) is 4.72. The third-order valence-corrected chi connectivity index (χ3v) is 3.30. The number of hydrogen-bond acceptors (Lipinski definition) is 3. The molecule has 1 amide bonds. The Morgan fingerprint density at radius 2 is 2.05 bits per heavy atom. The Morgan fingerprint density at radius 1 is 1.42 bits per heavy atom. The molecule has 5 nitrogen and oxygen atoms in total. The highest BCUT2D eigenvalue weighted by Crippen LogP contribution is 2.26.